The first-order valence-corrected chi connectivity index (χ1v) is 8.03. The summed E-state index contributed by atoms with van der Waals surface area (Å²) in [5.74, 6) is -0.886. The molecule has 0 radical (unpaired) electrons. The number of carbonyl (C=O) groups is 2. The van der Waals surface area contributed by atoms with E-state index in [4.69, 9.17) is 4.74 Å². The van der Waals surface area contributed by atoms with E-state index in [2.05, 4.69) is 0 Å². The van der Waals surface area contributed by atoms with Crippen LogP contribution in [0.1, 0.15) is 45.4 Å². The monoisotopic (exact) mass is 298 g/mol. The molecule has 0 saturated carbocycles. The van der Waals surface area contributed by atoms with Gasteiger partial charge in [0.15, 0.2) is 0 Å². The second-order valence-corrected chi connectivity index (χ2v) is 5.84. The third-order valence-electron chi connectivity index (χ3n) is 4.33. The first kappa shape index (κ1) is 16.1. The van der Waals surface area contributed by atoms with Crippen LogP contribution in [-0.4, -0.2) is 65.3 Å². The van der Waals surface area contributed by atoms with Crippen LogP contribution in [-0.2, 0) is 9.53 Å². The number of likely N-dealkylation sites (tertiary alicyclic amines) is 2. The molecule has 2 atom stereocenters. The van der Waals surface area contributed by atoms with Crippen LogP contribution < -0.4 is 0 Å². The molecule has 120 valence electrons. The Morgan fingerprint density at radius 3 is 2.67 bits per heavy atom. The molecular formula is C15H26N2O4. The number of piperidine rings is 1. The molecule has 6 heteroatoms. The summed E-state index contributed by atoms with van der Waals surface area (Å²) in [7, 11) is 0. The summed E-state index contributed by atoms with van der Waals surface area (Å²) in [5, 5.41) is 9.38. The fourth-order valence-electron chi connectivity index (χ4n) is 3.26. The lowest BCUT2D eigenvalue weighted by molar-refractivity contribution is -0.142. The van der Waals surface area contributed by atoms with E-state index < -0.39 is 12.0 Å². The van der Waals surface area contributed by atoms with Crippen LogP contribution in [0.5, 0.6) is 0 Å². The Morgan fingerprint density at radius 1 is 1.14 bits per heavy atom. The fraction of sp³-hybridized carbons (Fsp3) is 0.867. The second kappa shape index (κ2) is 7.64. The van der Waals surface area contributed by atoms with E-state index in [1.165, 1.54) is 0 Å². The number of hydrogen-bond acceptors (Lipinski definition) is 3. The molecule has 2 heterocycles. The van der Waals surface area contributed by atoms with E-state index in [1.54, 1.807) is 9.80 Å². The van der Waals surface area contributed by atoms with Crippen LogP contribution in [0.25, 0.3) is 0 Å². The van der Waals surface area contributed by atoms with Gasteiger partial charge >= 0.3 is 12.0 Å². The van der Waals surface area contributed by atoms with Crippen molar-refractivity contribution in [1.29, 1.82) is 0 Å². The van der Waals surface area contributed by atoms with E-state index in [1.807, 2.05) is 6.92 Å². The van der Waals surface area contributed by atoms with Crippen molar-refractivity contribution in [2.45, 2.75) is 57.6 Å². The SMILES string of the molecule is CCOC1CCCN(C(=O)N2CCCCCC2C(=O)O)C1. The van der Waals surface area contributed by atoms with E-state index in [0.29, 0.717) is 32.7 Å². The molecule has 0 aromatic carbocycles. The van der Waals surface area contributed by atoms with Crippen molar-refractivity contribution < 1.29 is 19.4 Å². The number of carbonyl (C=O) groups excluding carboxylic acids is 1. The lowest BCUT2D eigenvalue weighted by Gasteiger charge is -2.37. The average molecular weight is 298 g/mol. The number of urea groups is 1. The zero-order valence-electron chi connectivity index (χ0n) is 12.8. The Balaban J connectivity index is 2.03. The predicted molar refractivity (Wildman–Crippen MR) is 78.2 cm³/mol. The average Bonchev–Trinajstić information content (AvgIpc) is 2.73. The maximum Gasteiger partial charge on any atom is 0.326 e. The van der Waals surface area contributed by atoms with Crippen molar-refractivity contribution in [1.82, 2.24) is 9.80 Å². The molecule has 0 aromatic rings. The highest BCUT2D eigenvalue weighted by atomic mass is 16.5. The van der Waals surface area contributed by atoms with Crippen molar-refractivity contribution in [2.75, 3.05) is 26.2 Å². The molecule has 0 aromatic heterocycles. The van der Waals surface area contributed by atoms with Crippen molar-refractivity contribution in [2.24, 2.45) is 0 Å². The Hall–Kier alpha value is -1.30. The van der Waals surface area contributed by atoms with Crippen LogP contribution >= 0.6 is 0 Å². The van der Waals surface area contributed by atoms with Gasteiger partial charge in [-0.3, -0.25) is 0 Å². The van der Waals surface area contributed by atoms with Gasteiger partial charge in [0.25, 0.3) is 0 Å². The fourth-order valence-corrected chi connectivity index (χ4v) is 3.26. The number of carboxylic acid groups (broad SMARTS) is 1. The first-order chi connectivity index (χ1) is 10.1. The summed E-state index contributed by atoms with van der Waals surface area (Å²) in [6, 6.07) is -0.804. The molecule has 1 N–H and O–H groups in total. The predicted octanol–water partition coefficient (Wildman–Crippen LogP) is 1.94. The third kappa shape index (κ3) is 4.09. The number of hydrogen-bond donors (Lipinski definition) is 1. The van der Waals surface area contributed by atoms with E-state index in [0.717, 1.165) is 32.1 Å². The van der Waals surface area contributed by atoms with Gasteiger partial charge in [-0.2, -0.15) is 0 Å². The maximum absolute atomic E-state index is 12.7. The van der Waals surface area contributed by atoms with Gasteiger partial charge < -0.3 is 19.6 Å². The van der Waals surface area contributed by atoms with Crippen LogP contribution in [0.15, 0.2) is 0 Å². The molecule has 0 bridgehead atoms. The highest BCUT2D eigenvalue weighted by Crippen LogP contribution is 2.21. The van der Waals surface area contributed by atoms with Crippen LogP contribution in [0.2, 0.25) is 0 Å². The number of carboxylic acids is 1. The highest BCUT2D eigenvalue weighted by Gasteiger charge is 2.35. The molecule has 2 fully saturated rings. The highest BCUT2D eigenvalue weighted by molar-refractivity contribution is 5.82. The van der Waals surface area contributed by atoms with Gasteiger partial charge in [-0.1, -0.05) is 12.8 Å². The minimum absolute atomic E-state index is 0.0861. The largest absolute Gasteiger partial charge is 0.480 e. The standard InChI is InChI=1S/C15H26N2O4/c1-2-21-12-7-6-9-16(11-12)15(20)17-10-5-3-4-8-13(17)14(18)19/h12-13H,2-11H2,1H3,(H,18,19). The summed E-state index contributed by atoms with van der Waals surface area (Å²) in [6.45, 7) is 4.43. The normalized spacial score (nSPS) is 27.3. The molecule has 21 heavy (non-hydrogen) atoms. The Bertz CT molecular complexity index is 373. The number of amides is 2. The Labute approximate surface area is 126 Å². The van der Waals surface area contributed by atoms with Crippen molar-refractivity contribution in [3.63, 3.8) is 0 Å². The number of ether oxygens (including phenoxy) is 1. The maximum atomic E-state index is 12.7. The van der Waals surface area contributed by atoms with Crippen molar-refractivity contribution >= 4 is 12.0 Å². The van der Waals surface area contributed by atoms with E-state index >= 15 is 0 Å². The molecule has 2 rings (SSSR count). The zero-order chi connectivity index (χ0) is 15.2. The van der Waals surface area contributed by atoms with Crippen LogP contribution in [0, 0.1) is 0 Å². The smallest absolute Gasteiger partial charge is 0.326 e. The van der Waals surface area contributed by atoms with Gasteiger partial charge in [0.2, 0.25) is 0 Å². The number of aliphatic carboxylic acids is 1. The molecule has 6 nitrogen and oxygen atoms in total. The topological polar surface area (TPSA) is 70.1 Å². The summed E-state index contributed by atoms with van der Waals surface area (Å²) in [6.07, 6.45) is 5.30. The molecule has 2 aliphatic heterocycles. The van der Waals surface area contributed by atoms with Gasteiger partial charge in [-0.05, 0) is 32.6 Å². The molecule has 2 saturated heterocycles. The molecule has 2 unspecified atom stereocenters. The summed E-state index contributed by atoms with van der Waals surface area (Å²) >= 11 is 0. The summed E-state index contributed by atoms with van der Waals surface area (Å²) < 4.78 is 5.62. The quantitative estimate of drug-likeness (QED) is 0.864. The van der Waals surface area contributed by atoms with Crippen molar-refractivity contribution in [3.8, 4) is 0 Å². The van der Waals surface area contributed by atoms with Gasteiger partial charge in [0.05, 0.1) is 6.10 Å². The number of nitrogens with zero attached hydrogens (tertiary/aromatic N) is 2. The number of rotatable bonds is 3. The first-order valence-electron chi connectivity index (χ1n) is 8.03. The zero-order valence-corrected chi connectivity index (χ0v) is 12.8. The summed E-state index contributed by atoms with van der Waals surface area (Å²) in [4.78, 5) is 27.5. The lowest BCUT2D eigenvalue weighted by Crippen LogP contribution is -2.54. The third-order valence-corrected chi connectivity index (χ3v) is 4.33. The molecular weight excluding hydrogens is 272 g/mol. The molecule has 0 aliphatic carbocycles. The lowest BCUT2D eigenvalue weighted by atomic mass is 10.1. The summed E-state index contributed by atoms with van der Waals surface area (Å²) in [5.41, 5.74) is 0. The van der Waals surface area contributed by atoms with Gasteiger partial charge in [0.1, 0.15) is 6.04 Å². The Morgan fingerprint density at radius 2 is 1.95 bits per heavy atom. The molecule has 2 aliphatic rings. The van der Waals surface area contributed by atoms with Gasteiger partial charge in [-0.15, -0.1) is 0 Å². The van der Waals surface area contributed by atoms with E-state index in [-0.39, 0.29) is 12.1 Å². The molecule has 0 spiro atoms. The second-order valence-electron chi connectivity index (χ2n) is 5.84. The molecule has 2 amide bonds. The van der Waals surface area contributed by atoms with E-state index in [9.17, 15) is 14.7 Å². The van der Waals surface area contributed by atoms with Crippen molar-refractivity contribution in [3.05, 3.63) is 0 Å². The minimum atomic E-state index is -0.886. The minimum Gasteiger partial charge on any atom is -0.480 e. The van der Waals surface area contributed by atoms with Crippen LogP contribution in [0.4, 0.5) is 4.79 Å². The van der Waals surface area contributed by atoms with Crippen LogP contribution in [0.3, 0.4) is 0 Å². The van der Waals surface area contributed by atoms with Gasteiger partial charge in [0, 0.05) is 26.2 Å². The van der Waals surface area contributed by atoms with Gasteiger partial charge in [-0.25, -0.2) is 9.59 Å². The Kier molecular flexibility index (Phi) is 5.85.